The zero-order valence-electron chi connectivity index (χ0n) is 21.0. The number of Topliss-reactive ketones (excluding diaryl/α,β-unsaturated/α-hetero) is 2. The van der Waals surface area contributed by atoms with E-state index in [1.165, 1.54) is 11.1 Å². The van der Waals surface area contributed by atoms with Gasteiger partial charge in [0.15, 0.2) is 5.78 Å². The van der Waals surface area contributed by atoms with Crippen LogP contribution in [0.15, 0.2) is 34.9 Å². The molecule has 1 saturated carbocycles. The van der Waals surface area contributed by atoms with Crippen LogP contribution < -0.4 is 0 Å². The average molecular weight is 453 g/mol. The van der Waals surface area contributed by atoms with Crippen LogP contribution in [-0.2, 0) is 14.4 Å². The van der Waals surface area contributed by atoms with Crippen LogP contribution >= 0.6 is 0 Å². The van der Waals surface area contributed by atoms with Crippen molar-refractivity contribution in [3.8, 4) is 0 Å². The molecule has 0 saturated heterocycles. The van der Waals surface area contributed by atoms with E-state index in [9.17, 15) is 19.5 Å². The number of allylic oxidation sites excluding steroid dienone is 4. The number of fused-ring (bicyclic) bond motifs is 4. The Morgan fingerprint density at radius 1 is 1.21 bits per heavy atom. The maximum absolute atomic E-state index is 13.8. The van der Waals surface area contributed by atoms with Crippen molar-refractivity contribution in [1.29, 1.82) is 0 Å². The van der Waals surface area contributed by atoms with Gasteiger partial charge in [-0.15, -0.1) is 0 Å². The highest BCUT2D eigenvalue weighted by molar-refractivity contribution is 6.01. The zero-order valence-corrected chi connectivity index (χ0v) is 21.0. The summed E-state index contributed by atoms with van der Waals surface area (Å²) in [4.78, 5) is 37.5. The predicted octanol–water partition coefficient (Wildman–Crippen LogP) is 6.32. The Morgan fingerprint density at radius 2 is 1.91 bits per heavy atom. The molecule has 0 spiro atoms. The number of ketones is 2. The van der Waals surface area contributed by atoms with Gasteiger partial charge in [-0.25, -0.2) is 0 Å². The fourth-order valence-corrected chi connectivity index (χ4v) is 7.90. The van der Waals surface area contributed by atoms with Gasteiger partial charge in [-0.1, -0.05) is 45.9 Å². The molecule has 4 nitrogen and oxygen atoms in total. The largest absolute Gasteiger partial charge is 0.481 e. The summed E-state index contributed by atoms with van der Waals surface area (Å²) in [5.41, 5.74) is 4.22. The quantitative estimate of drug-likeness (QED) is 0.479. The molecular formula is C29H40O4. The molecule has 1 N–H and O–H groups in total. The standard InChI is InChI=1S/C29H40O4/c1-16(18(3)27(32)33)7-8-17(2)21-11-12-23-20-9-10-22-19(4)24(30)13-14-28(22,5)26(20)25(31)15-29(21,23)6/h12,17-19,21-22H,1,7-11,13-15H2,2-6H3,(H,32,33)/t17-,18?,19+,21-,22?,28+,29-/m1/s1. The van der Waals surface area contributed by atoms with Gasteiger partial charge in [0.1, 0.15) is 5.78 Å². The van der Waals surface area contributed by atoms with Gasteiger partial charge in [0, 0.05) is 35.2 Å². The van der Waals surface area contributed by atoms with Crippen LogP contribution in [0.2, 0.25) is 0 Å². The van der Waals surface area contributed by atoms with Crippen LogP contribution in [0.4, 0.5) is 0 Å². The Hall–Kier alpha value is -1.97. The lowest BCUT2D eigenvalue weighted by Gasteiger charge is -2.53. The average Bonchev–Trinajstić information content (AvgIpc) is 3.10. The highest BCUT2D eigenvalue weighted by atomic mass is 16.4. The monoisotopic (exact) mass is 452 g/mol. The van der Waals surface area contributed by atoms with E-state index >= 15 is 0 Å². The topological polar surface area (TPSA) is 71.4 Å². The molecule has 4 rings (SSSR count). The van der Waals surface area contributed by atoms with Gasteiger partial charge < -0.3 is 5.11 Å². The maximum atomic E-state index is 13.8. The minimum atomic E-state index is -0.815. The summed E-state index contributed by atoms with van der Waals surface area (Å²) in [7, 11) is 0. The second-order valence-electron chi connectivity index (χ2n) is 11.9. The molecule has 0 aliphatic heterocycles. The van der Waals surface area contributed by atoms with E-state index in [1.54, 1.807) is 6.92 Å². The van der Waals surface area contributed by atoms with E-state index in [0.29, 0.717) is 42.7 Å². The number of hydrogen-bond donors (Lipinski definition) is 1. The Balaban J connectivity index is 1.58. The van der Waals surface area contributed by atoms with Crippen LogP contribution in [-0.4, -0.2) is 22.6 Å². The number of rotatable bonds is 6. The summed E-state index contributed by atoms with van der Waals surface area (Å²) < 4.78 is 0. The first-order chi connectivity index (χ1) is 15.4. The lowest BCUT2D eigenvalue weighted by molar-refractivity contribution is -0.140. The van der Waals surface area contributed by atoms with Crippen molar-refractivity contribution < 1.29 is 19.5 Å². The van der Waals surface area contributed by atoms with Crippen LogP contribution in [0.5, 0.6) is 0 Å². The van der Waals surface area contributed by atoms with E-state index < -0.39 is 11.9 Å². The van der Waals surface area contributed by atoms with Crippen molar-refractivity contribution in [2.75, 3.05) is 0 Å². The predicted molar refractivity (Wildman–Crippen MR) is 130 cm³/mol. The summed E-state index contributed by atoms with van der Waals surface area (Å²) in [6.07, 6.45) is 8.85. The van der Waals surface area contributed by atoms with Crippen LogP contribution in [0.3, 0.4) is 0 Å². The van der Waals surface area contributed by atoms with Gasteiger partial charge in [0.05, 0.1) is 5.92 Å². The first kappa shape index (κ1) is 24.2. The lowest BCUT2D eigenvalue weighted by Crippen LogP contribution is -2.49. The normalized spacial score (nSPS) is 37.6. The molecule has 7 atom stereocenters. The van der Waals surface area contributed by atoms with E-state index in [1.807, 2.05) is 0 Å². The lowest BCUT2D eigenvalue weighted by atomic mass is 9.49. The second-order valence-corrected chi connectivity index (χ2v) is 11.9. The molecule has 4 aliphatic carbocycles. The minimum Gasteiger partial charge on any atom is -0.481 e. The van der Waals surface area contributed by atoms with Crippen molar-refractivity contribution in [2.45, 2.75) is 86.0 Å². The molecular weight excluding hydrogens is 412 g/mol. The first-order valence-electron chi connectivity index (χ1n) is 12.8. The Kier molecular flexibility index (Phi) is 6.12. The van der Waals surface area contributed by atoms with E-state index in [-0.39, 0.29) is 22.7 Å². The summed E-state index contributed by atoms with van der Waals surface area (Å²) in [5.74, 6) is 0.435. The highest BCUT2D eigenvalue weighted by Gasteiger charge is 2.57. The molecule has 180 valence electrons. The van der Waals surface area contributed by atoms with E-state index in [0.717, 1.165) is 43.3 Å². The summed E-state index contributed by atoms with van der Waals surface area (Å²) in [6, 6.07) is 0. The Labute approximate surface area is 198 Å². The van der Waals surface area contributed by atoms with Gasteiger partial charge >= 0.3 is 5.97 Å². The third-order valence-electron chi connectivity index (χ3n) is 10.1. The molecule has 0 aromatic carbocycles. The number of carboxylic acids is 1. The maximum Gasteiger partial charge on any atom is 0.310 e. The molecule has 33 heavy (non-hydrogen) atoms. The van der Waals surface area contributed by atoms with Gasteiger partial charge in [0.2, 0.25) is 0 Å². The number of carbonyl (C=O) groups excluding carboxylic acids is 2. The number of carboxylic acid groups (broad SMARTS) is 1. The number of aliphatic carboxylic acids is 1. The highest BCUT2D eigenvalue weighted by Crippen LogP contribution is 2.63. The van der Waals surface area contributed by atoms with Gasteiger partial charge in [-0.2, -0.15) is 0 Å². The molecule has 4 heteroatoms. The molecule has 0 aromatic rings. The Morgan fingerprint density at radius 3 is 2.58 bits per heavy atom. The third-order valence-corrected chi connectivity index (χ3v) is 10.1. The van der Waals surface area contributed by atoms with Crippen molar-refractivity contribution in [1.82, 2.24) is 0 Å². The fourth-order valence-electron chi connectivity index (χ4n) is 7.90. The summed E-state index contributed by atoms with van der Waals surface area (Å²) in [5, 5.41) is 9.27. The van der Waals surface area contributed by atoms with Crippen molar-refractivity contribution >= 4 is 17.5 Å². The van der Waals surface area contributed by atoms with Crippen LogP contribution in [0.25, 0.3) is 0 Å². The van der Waals surface area contributed by atoms with Crippen LogP contribution in [0, 0.1) is 40.4 Å². The Bertz CT molecular complexity index is 968. The number of carbonyl (C=O) groups is 3. The third kappa shape index (κ3) is 3.68. The van der Waals surface area contributed by atoms with E-state index in [4.69, 9.17) is 0 Å². The molecule has 0 bridgehead atoms. The molecule has 0 amide bonds. The number of hydrogen-bond acceptors (Lipinski definition) is 3. The van der Waals surface area contributed by atoms with Gasteiger partial charge in [-0.3, -0.25) is 14.4 Å². The van der Waals surface area contributed by atoms with Gasteiger partial charge in [-0.05, 0) is 74.3 Å². The molecule has 2 unspecified atom stereocenters. The minimum absolute atomic E-state index is 0.0468. The summed E-state index contributed by atoms with van der Waals surface area (Å²) >= 11 is 0. The molecule has 0 radical (unpaired) electrons. The fraction of sp³-hybridized carbons (Fsp3) is 0.690. The molecule has 1 fully saturated rings. The molecule has 4 aliphatic rings. The van der Waals surface area contributed by atoms with Crippen LogP contribution in [0.1, 0.15) is 86.0 Å². The first-order valence-corrected chi connectivity index (χ1v) is 12.8. The summed E-state index contributed by atoms with van der Waals surface area (Å²) in [6.45, 7) is 14.6. The van der Waals surface area contributed by atoms with E-state index in [2.05, 4.69) is 40.3 Å². The van der Waals surface area contributed by atoms with Gasteiger partial charge in [0.25, 0.3) is 0 Å². The SMILES string of the molecule is C=C(CC[C@@H](C)[C@H]1CC=C2C3=C(C(=O)C[C@@]21C)[C@@]1(C)CCC(=O)[C@@H](C)C1CC3)C(C)C(=O)O. The molecule has 0 heterocycles. The van der Waals surface area contributed by atoms with Crippen molar-refractivity contribution in [3.63, 3.8) is 0 Å². The van der Waals surface area contributed by atoms with Crippen molar-refractivity contribution in [2.24, 2.45) is 40.4 Å². The smallest absolute Gasteiger partial charge is 0.310 e. The molecule has 0 aromatic heterocycles. The second kappa shape index (κ2) is 8.36. The zero-order chi connectivity index (χ0) is 24.3. The van der Waals surface area contributed by atoms with Crippen molar-refractivity contribution in [3.05, 3.63) is 34.9 Å².